The van der Waals surface area contributed by atoms with Crippen LogP contribution in [0.15, 0.2) is 24.3 Å². The molecule has 1 rings (SSSR count). The Bertz CT molecular complexity index is 236. The van der Waals surface area contributed by atoms with Gasteiger partial charge in [0.05, 0.1) is 0 Å². The Morgan fingerprint density at radius 3 is 2.23 bits per heavy atom. The summed E-state index contributed by atoms with van der Waals surface area (Å²) in [6.45, 7) is 4.53. The molecule has 0 heterocycles. The van der Waals surface area contributed by atoms with Gasteiger partial charge < -0.3 is 5.32 Å². The van der Waals surface area contributed by atoms with E-state index in [-0.39, 0.29) is 0 Å². The van der Waals surface area contributed by atoms with Crippen molar-refractivity contribution in [3.8, 4) is 0 Å². The number of nitrogens with one attached hydrogen (secondary N) is 1. The summed E-state index contributed by atoms with van der Waals surface area (Å²) in [4.78, 5) is 0. The second-order valence-corrected chi connectivity index (χ2v) is 3.88. The molecule has 0 saturated carbocycles. The molecule has 0 aliphatic rings. The van der Waals surface area contributed by atoms with Crippen LogP contribution in [-0.4, -0.2) is 7.05 Å². The van der Waals surface area contributed by atoms with Crippen molar-refractivity contribution < 1.29 is 0 Å². The summed E-state index contributed by atoms with van der Waals surface area (Å²) < 4.78 is 0. The molecule has 0 aliphatic carbocycles. The number of anilines is 1. The zero-order valence-corrected chi connectivity index (χ0v) is 8.80. The molecule has 0 unspecified atom stereocenters. The molecule has 0 saturated heterocycles. The lowest BCUT2D eigenvalue weighted by atomic mass is 10.0. The van der Waals surface area contributed by atoms with E-state index in [9.17, 15) is 0 Å². The monoisotopic (exact) mass is 177 g/mol. The van der Waals surface area contributed by atoms with Crippen LogP contribution >= 0.6 is 0 Å². The van der Waals surface area contributed by atoms with E-state index in [2.05, 4.69) is 43.4 Å². The summed E-state index contributed by atoms with van der Waals surface area (Å²) in [5.74, 6) is 0.795. The van der Waals surface area contributed by atoms with Gasteiger partial charge in [-0.3, -0.25) is 0 Å². The Morgan fingerprint density at radius 1 is 1.15 bits per heavy atom. The van der Waals surface area contributed by atoms with E-state index in [0.717, 1.165) is 5.92 Å². The Morgan fingerprint density at radius 2 is 1.77 bits per heavy atom. The normalized spacial score (nSPS) is 10.5. The summed E-state index contributed by atoms with van der Waals surface area (Å²) in [6, 6.07) is 8.67. The average Bonchev–Trinajstić information content (AvgIpc) is 2.15. The van der Waals surface area contributed by atoms with Crippen molar-refractivity contribution in [1.29, 1.82) is 0 Å². The summed E-state index contributed by atoms with van der Waals surface area (Å²) >= 11 is 0. The van der Waals surface area contributed by atoms with Crippen LogP contribution in [0.25, 0.3) is 0 Å². The number of rotatable bonds is 4. The molecular formula is C12H19N. The van der Waals surface area contributed by atoms with E-state index in [4.69, 9.17) is 0 Å². The van der Waals surface area contributed by atoms with E-state index in [0.29, 0.717) is 0 Å². The summed E-state index contributed by atoms with van der Waals surface area (Å²) in [5, 5.41) is 3.12. The summed E-state index contributed by atoms with van der Waals surface area (Å²) in [6.07, 6.45) is 2.47. The number of aryl methyl sites for hydroxylation is 1. The van der Waals surface area contributed by atoms with Gasteiger partial charge in [-0.15, -0.1) is 0 Å². The molecule has 0 radical (unpaired) electrons. The summed E-state index contributed by atoms with van der Waals surface area (Å²) in [5.41, 5.74) is 2.63. The maximum absolute atomic E-state index is 3.12. The largest absolute Gasteiger partial charge is 0.388 e. The van der Waals surface area contributed by atoms with Crippen LogP contribution in [0.1, 0.15) is 25.8 Å². The number of hydrogen-bond acceptors (Lipinski definition) is 1. The van der Waals surface area contributed by atoms with Crippen molar-refractivity contribution >= 4 is 5.69 Å². The smallest absolute Gasteiger partial charge is 0.0337 e. The first-order valence-corrected chi connectivity index (χ1v) is 4.99. The van der Waals surface area contributed by atoms with Gasteiger partial charge in [0.2, 0.25) is 0 Å². The highest BCUT2D eigenvalue weighted by Gasteiger charge is 1.96. The fourth-order valence-corrected chi connectivity index (χ4v) is 1.29. The van der Waals surface area contributed by atoms with Gasteiger partial charge in [-0.05, 0) is 36.5 Å². The number of benzene rings is 1. The molecule has 1 aromatic carbocycles. The predicted molar refractivity (Wildman–Crippen MR) is 59.1 cm³/mol. The molecule has 72 valence electrons. The fraction of sp³-hybridized carbons (Fsp3) is 0.500. The van der Waals surface area contributed by atoms with Gasteiger partial charge in [0.1, 0.15) is 0 Å². The van der Waals surface area contributed by atoms with Crippen LogP contribution in [0.4, 0.5) is 5.69 Å². The Balaban J connectivity index is 2.49. The lowest BCUT2D eigenvalue weighted by Gasteiger charge is -2.05. The van der Waals surface area contributed by atoms with Gasteiger partial charge in [-0.25, -0.2) is 0 Å². The second-order valence-electron chi connectivity index (χ2n) is 3.88. The molecule has 0 spiro atoms. The Kier molecular flexibility index (Phi) is 3.81. The summed E-state index contributed by atoms with van der Waals surface area (Å²) in [7, 11) is 1.95. The van der Waals surface area contributed by atoms with Crippen LogP contribution < -0.4 is 5.32 Å². The van der Waals surface area contributed by atoms with Gasteiger partial charge in [0.15, 0.2) is 0 Å². The Hall–Kier alpha value is -0.980. The van der Waals surface area contributed by atoms with E-state index < -0.39 is 0 Å². The van der Waals surface area contributed by atoms with Gasteiger partial charge in [-0.1, -0.05) is 26.0 Å². The number of hydrogen-bond donors (Lipinski definition) is 1. The SMILES string of the molecule is CNc1ccc(CCC(C)C)cc1. The van der Waals surface area contributed by atoms with Gasteiger partial charge in [-0.2, -0.15) is 0 Å². The first kappa shape index (κ1) is 10.1. The molecule has 0 aromatic heterocycles. The van der Waals surface area contributed by atoms with Crippen LogP contribution in [0.2, 0.25) is 0 Å². The molecule has 0 aliphatic heterocycles. The first-order valence-electron chi connectivity index (χ1n) is 4.99. The van der Waals surface area contributed by atoms with Crippen LogP contribution in [0.5, 0.6) is 0 Å². The lowest BCUT2D eigenvalue weighted by Crippen LogP contribution is -1.93. The van der Waals surface area contributed by atoms with Crippen molar-refractivity contribution in [1.82, 2.24) is 0 Å². The zero-order chi connectivity index (χ0) is 9.68. The van der Waals surface area contributed by atoms with Crippen molar-refractivity contribution in [3.63, 3.8) is 0 Å². The van der Waals surface area contributed by atoms with Gasteiger partial charge in [0, 0.05) is 12.7 Å². The van der Waals surface area contributed by atoms with E-state index in [1.807, 2.05) is 7.05 Å². The highest BCUT2D eigenvalue weighted by atomic mass is 14.8. The van der Waals surface area contributed by atoms with E-state index in [1.165, 1.54) is 24.1 Å². The first-order chi connectivity index (χ1) is 6.22. The molecule has 0 atom stereocenters. The Labute approximate surface area is 81.2 Å². The highest BCUT2D eigenvalue weighted by Crippen LogP contribution is 2.12. The third-order valence-electron chi connectivity index (χ3n) is 2.25. The molecule has 0 bridgehead atoms. The van der Waals surface area contributed by atoms with E-state index >= 15 is 0 Å². The van der Waals surface area contributed by atoms with Gasteiger partial charge in [0.25, 0.3) is 0 Å². The van der Waals surface area contributed by atoms with Crippen molar-refractivity contribution in [2.45, 2.75) is 26.7 Å². The molecule has 1 N–H and O–H groups in total. The van der Waals surface area contributed by atoms with Gasteiger partial charge >= 0.3 is 0 Å². The van der Waals surface area contributed by atoms with Crippen LogP contribution in [-0.2, 0) is 6.42 Å². The van der Waals surface area contributed by atoms with Crippen molar-refractivity contribution in [2.24, 2.45) is 5.92 Å². The van der Waals surface area contributed by atoms with Crippen molar-refractivity contribution in [3.05, 3.63) is 29.8 Å². The minimum atomic E-state index is 0.795. The maximum Gasteiger partial charge on any atom is 0.0337 e. The zero-order valence-electron chi connectivity index (χ0n) is 8.80. The quantitative estimate of drug-likeness (QED) is 0.744. The maximum atomic E-state index is 3.12. The minimum absolute atomic E-state index is 0.795. The topological polar surface area (TPSA) is 12.0 Å². The standard InChI is InChI=1S/C12H19N/c1-10(2)4-5-11-6-8-12(13-3)9-7-11/h6-10,13H,4-5H2,1-3H3. The third kappa shape index (κ3) is 3.49. The van der Waals surface area contributed by atoms with Crippen molar-refractivity contribution in [2.75, 3.05) is 12.4 Å². The molecule has 1 heteroatoms. The fourth-order valence-electron chi connectivity index (χ4n) is 1.29. The molecule has 13 heavy (non-hydrogen) atoms. The molecular weight excluding hydrogens is 158 g/mol. The molecule has 1 aromatic rings. The lowest BCUT2D eigenvalue weighted by molar-refractivity contribution is 0.587. The molecule has 1 nitrogen and oxygen atoms in total. The van der Waals surface area contributed by atoms with Crippen LogP contribution in [0, 0.1) is 5.92 Å². The van der Waals surface area contributed by atoms with E-state index in [1.54, 1.807) is 0 Å². The second kappa shape index (κ2) is 4.90. The minimum Gasteiger partial charge on any atom is -0.388 e. The third-order valence-corrected chi connectivity index (χ3v) is 2.25. The predicted octanol–water partition coefficient (Wildman–Crippen LogP) is 3.32. The molecule has 0 amide bonds. The highest BCUT2D eigenvalue weighted by molar-refractivity contribution is 5.43. The molecule has 0 fully saturated rings. The average molecular weight is 177 g/mol. The van der Waals surface area contributed by atoms with Crippen LogP contribution in [0.3, 0.4) is 0 Å².